The summed E-state index contributed by atoms with van der Waals surface area (Å²) in [6.45, 7) is 3.05. The van der Waals surface area contributed by atoms with Crippen molar-refractivity contribution in [1.29, 1.82) is 0 Å². The Balaban J connectivity index is 3.80. The van der Waals surface area contributed by atoms with Gasteiger partial charge in [0.1, 0.15) is 6.04 Å². The van der Waals surface area contributed by atoms with Gasteiger partial charge < -0.3 is 15.9 Å². The van der Waals surface area contributed by atoms with Crippen LogP contribution < -0.4 is 5.73 Å². The van der Waals surface area contributed by atoms with Gasteiger partial charge in [-0.15, -0.1) is 0 Å². The standard InChI is InChI=1S/C6H13NO3/c1-6(2,10)3-4(7)5(8)9/h4,10H,3,7H2,1-2H3,(H,8,9). The minimum absolute atomic E-state index is 0.0718. The molecule has 1 unspecified atom stereocenters. The smallest absolute Gasteiger partial charge is 0.320 e. The van der Waals surface area contributed by atoms with Crippen LogP contribution in [0.1, 0.15) is 20.3 Å². The van der Waals surface area contributed by atoms with Crippen molar-refractivity contribution in [3.8, 4) is 0 Å². The fraction of sp³-hybridized carbons (Fsp3) is 0.833. The number of carboxylic acid groups (broad SMARTS) is 1. The SMILES string of the molecule is CC(C)(O)CC(N)C(=O)O. The first kappa shape index (κ1) is 9.39. The summed E-state index contributed by atoms with van der Waals surface area (Å²) in [4.78, 5) is 10.1. The molecule has 0 aromatic rings. The summed E-state index contributed by atoms with van der Waals surface area (Å²) in [5.74, 6) is -1.08. The van der Waals surface area contributed by atoms with E-state index in [-0.39, 0.29) is 6.42 Å². The van der Waals surface area contributed by atoms with E-state index in [1.165, 1.54) is 13.8 Å². The van der Waals surface area contributed by atoms with Crippen molar-refractivity contribution in [2.24, 2.45) is 5.73 Å². The maximum Gasteiger partial charge on any atom is 0.320 e. The molecule has 10 heavy (non-hydrogen) atoms. The van der Waals surface area contributed by atoms with Gasteiger partial charge in [-0.3, -0.25) is 4.79 Å². The number of nitrogens with two attached hydrogens (primary N) is 1. The molecular formula is C6H13NO3. The molecule has 0 heterocycles. The van der Waals surface area contributed by atoms with E-state index < -0.39 is 17.6 Å². The third-order valence-electron chi connectivity index (χ3n) is 1.04. The molecule has 0 radical (unpaired) electrons. The van der Waals surface area contributed by atoms with Crippen LogP contribution in [0.4, 0.5) is 0 Å². The zero-order valence-corrected chi connectivity index (χ0v) is 6.16. The van der Waals surface area contributed by atoms with Gasteiger partial charge in [-0.25, -0.2) is 0 Å². The average Bonchev–Trinajstić information content (AvgIpc) is 1.60. The van der Waals surface area contributed by atoms with Crippen molar-refractivity contribution >= 4 is 5.97 Å². The predicted molar refractivity (Wildman–Crippen MR) is 36.5 cm³/mol. The summed E-state index contributed by atoms with van der Waals surface area (Å²) in [6.07, 6.45) is 0.0718. The Hall–Kier alpha value is -0.610. The van der Waals surface area contributed by atoms with Crippen LogP contribution in [0.2, 0.25) is 0 Å². The molecule has 0 rings (SSSR count). The van der Waals surface area contributed by atoms with Gasteiger partial charge in [0.05, 0.1) is 5.60 Å². The topological polar surface area (TPSA) is 83.5 Å². The van der Waals surface area contributed by atoms with Gasteiger partial charge >= 0.3 is 5.97 Å². The number of aliphatic hydroxyl groups is 1. The van der Waals surface area contributed by atoms with Gasteiger partial charge in [-0.2, -0.15) is 0 Å². The predicted octanol–water partition coefficient (Wildman–Crippen LogP) is -0.441. The molecule has 1 atom stereocenters. The van der Waals surface area contributed by atoms with E-state index >= 15 is 0 Å². The Morgan fingerprint density at radius 3 is 2.20 bits per heavy atom. The lowest BCUT2D eigenvalue weighted by atomic mass is 10.0. The summed E-state index contributed by atoms with van der Waals surface area (Å²) in [6, 6.07) is -0.972. The first-order chi connectivity index (χ1) is 4.33. The van der Waals surface area contributed by atoms with Gasteiger partial charge in [-0.05, 0) is 13.8 Å². The van der Waals surface area contributed by atoms with Crippen molar-refractivity contribution in [3.05, 3.63) is 0 Å². The first-order valence-corrected chi connectivity index (χ1v) is 3.04. The second-order valence-corrected chi connectivity index (χ2v) is 2.96. The van der Waals surface area contributed by atoms with E-state index in [1.807, 2.05) is 0 Å². The van der Waals surface area contributed by atoms with Crippen molar-refractivity contribution < 1.29 is 15.0 Å². The minimum atomic E-state index is -1.08. The van der Waals surface area contributed by atoms with Gasteiger partial charge in [0.25, 0.3) is 0 Å². The molecule has 0 amide bonds. The molecule has 0 aliphatic heterocycles. The fourth-order valence-corrected chi connectivity index (χ4v) is 0.625. The third-order valence-corrected chi connectivity index (χ3v) is 1.04. The van der Waals surface area contributed by atoms with Crippen LogP contribution >= 0.6 is 0 Å². The second-order valence-electron chi connectivity index (χ2n) is 2.96. The Morgan fingerprint density at radius 2 is 2.10 bits per heavy atom. The number of aliphatic carboxylic acids is 1. The Bertz CT molecular complexity index is 127. The lowest BCUT2D eigenvalue weighted by Crippen LogP contribution is -2.37. The number of carbonyl (C=O) groups is 1. The molecule has 0 spiro atoms. The molecule has 0 aliphatic carbocycles. The van der Waals surface area contributed by atoms with Crippen LogP contribution in [0.3, 0.4) is 0 Å². The van der Waals surface area contributed by atoms with E-state index in [2.05, 4.69) is 0 Å². The van der Waals surface area contributed by atoms with Crippen molar-refractivity contribution in [2.75, 3.05) is 0 Å². The molecule has 0 aromatic heterocycles. The molecule has 0 saturated heterocycles. The molecule has 0 aliphatic rings. The van der Waals surface area contributed by atoms with Crippen LogP contribution in [0.5, 0.6) is 0 Å². The maximum atomic E-state index is 10.1. The molecular weight excluding hydrogens is 134 g/mol. The molecule has 0 bridgehead atoms. The second kappa shape index (κ2) is 2.98. The highest BCUT2D eigenvalue weighted by Crippen LogP contribution is 2.08. The number of carboxylic acids is 1. The van der Waals surface area contributed by atoms with E-state index in [0.717, 1.165) is 0 Å². The highest BCUT2D eigenvalue weighted by Gasteiger charge is 2.21. The Kier molecular flexibility index (Phi) is 2.80. The first-order valence-electron chi connectivity index (χ1n) is 3.04. The summed E-state index contributed by atoms with van der Waals surface area (Å²) in [5.41, 5.74) is 4.14. The summed E-state index contributed by atoms with van der Waals surface area (Å²) >= 11 is 0. The maximum absolute atomic E-state index is 10.1. The van der Waals surface area contributed by atoms with Crippen molar-refractivity contribution in [3.63, 3.8) is 0 Å². The molecule has 4 nitrogen and oxygen atoms in total. The van der Waals surface area contributed by atoms with Crippen molar-refractivity contribution in [2.45, 2.75) is 31.9 Å². The van der Waals surface area contributed by atoms with Gasteiger partial charge in [-0.1, -0.05) is 0 Å². The zero-order valence-electron chi connectivity index (χ0n) is 6.16. The van der Waals surface area contributed by atoms with Gasteiger partial charge in [0.2, 0.25) is 0 Å². The highest BCUT2D eigenvalue weighted by atomic mass is 16.4. The van der Waals surface area contributed by atoms with Gasteiger partial charge in [0.15, 0.2) is 0 Å². The largest absolute Gasteiger partial charge is 0.480 e. The summed E-state index contributed by atoms with van der Waals surface area (Å²) < 4.78 is 0. The lowest BCUT2D eigenvalue weighted by molar-refractivity contribution is -0.140. The monoisotopic (exact) mass is 147 g/mol. The van der Waals surface area contributed by atoms with E-state index in [0.29, 0.717) is 0 Å². The van der Waals surface area contributed by atoms with E-state index in [1.54, 1.807) is 0 Å². The summed E-state index contributed by atoms with van der Waals surface area (Å²) in [5, 5.41) is 17.4. The Labute approximate surface area is 59.7 Å². The van der Waals surface area contributed by atoms with Gasteiger partial charge in [0, 0.05) is 6.42 Å². The number of hydrogen-bond acceptors (Lipinski definition) is 3. The normalized spacial score (nSPS) is 14.8. The zero-order chi connectivity index (χ0) is 8.36. The quantitative estimate of drug-likeness (QED) is 0.505. The van der Waals surface area contributed by atoms with Crippen LogP contribution in [-0.2, 0) is 4.79 Å². The van der Waals surface area contributed by atoms with Crippen molar-refractivity contribution in [1.82, 2.24) is 0 Å². The molecule has 0 aromatic carbocycles. The number of rotatable bonds is 3. The third kappa shape index (κ3) is 4.29. The van der Waals surface area contributed by atoms with Crippen LogP contribution in [0, 0.1) is 0 Å². The van der Waals surface area contributed by atoms with Crippen LogP contribution in [0.25, 0.3) is 0 Å². The molecule has 0 saturated carbocycles. The highest BCUT2D eigenvalue weighted by molar-refractivity contribution is 5.73. The lowest BCUT2D eigenvalue weighted by Gasteiger charge is -2.18. The van der Waals surface area contributed by atoms with E-state index in [4.69, 9.17) is 15.9 Å². The molecule has 4 N–H and O–H groups in total. The fourth-order valence-electron chi connectivity index (χ4n) is 0.625. The molecule has 4 heteroatoms. The van der Waals surface area contributed by atoms with E-state index in [9.17, 15) is 4.79 Å². The van der Waals surface area contributed by atoms with Crippen LogP contribution in [-0.4, -0.2) is 27.8 Å². The minimum Gasteiger partial charge on any atom is -0.480 e. The molecule has 0 fully saturated rings. The average molecular weight is 147 g/mol. The Morgan fingerprint density at radius 1 is 1.70 bits per heavy atom. The summed E-state index contributed by atoms with van der Waals surface area (Å²) in [7, 11) is 0. The van der Waals surface area contributed by atoms with Crippen LogP contribution in [0.15, 0.2) is 0 Å². The number of hydrogen-bond donors (Lipinski definition) is 3. The molecule has 60 valence electrons.